The number of allylic oxidation sites excluding steroid dienone is 10. The van der Waals surface area contributed by atoms with Gasteiger partial charge in [0.2, 0.25) is 5.91 Å². The third-order valence-electron chi connectivity index (χ3n) is 8.46. The largest absolute Gasteiger partial charge is 0.472 e. The molecule has 0 rings (SSSR count). The van der Waals surface area contributed by atoms with Gasteiger partial charge in [-0.2, -0.15) is 0 Å². The summed E-state index contributed by atoms with van der Waals surface area (Å²) in [5.41, 5.74) is 0. The van der Waals surface area contributed by atoms with Crippen molar-refractivity contribution in [3.8, 4) is 0 Å². The Morgan fingerprint density at radius 3 is 1.62 bits per heavy atom. The van der Waals surface area contributed by atoms with Crippen molar-refractivity contribution in [1.82, 2.24) is 5.32 Å². The van der Waals surface area contributed by atoms with Crippen LogP contribution in [0.15, 0.2) is 60.8 Å². The van der Waals surface area contributed by atoms with E-state index in [4.69, 9.17) is 13.8 Å². The summed E-state index contributed by atoms with van der Waals surface area (Å²) in [6.07, 6.45) is 45.8. The summed E-state index contributed by atoms with van der Waals surface area (Å²) in [6, 6.07) is 0. The molecular formula is C43H76NO8P. The lowest BCUT2D eigenvalue weighted by Crippen LogP contribution is -2.27. The highest BCUT2D eigenvalue weighted by Crippen LogP contribution is 2.42. The molecular weight excluding hydrogens is 689 g/mol. The molecule has 53 heavy (non-hydrogen) atoms. The first-order valence-electron chi connectivity index (χ1n) is 20.8. The molecule has 0 aromatic rings. The molecule has 2 unspecified atom stereocenters. The number of carbonyl (C=O) groups is 2. The van der Waals surface area contributed by atoms with Gasteiger partial charge < -0.3 is 20.1 Å². The van der Waals surface area contributed by atoms with E-state index in [2.05, 4.69) is 79.9 Å². The Hall–Kier alpha value is -2.29. The minimum absolute atomic E-state index is 0.0687. The summed E-state index contributed by atoms with van der Waals surface area (Å²) >= 11 is 0. The molecule has 0 aromatic heterocycles. The van der Waals surface area contributed by atoms with Gasteiger partial charge in [-0.15, -0.1) is 0 Å². The number of hydrogen-bond donors (Lipinski definition) is 3. The van der Waals surface area contributed by atoms with Crippen molar-refractivity contribution in [3.05, 3.63) is 60.8 Å². The lowest BCUT2D eigenvalue weighted by Gasteiger charge is -2.15. The van der Waals surface area contributed by atoms with Crippen LogP contribution in [0.5, 0.6) is 0 Å². The van der Waals surface area contributed by atoms with Crippen molar-refractivity contribution in [1.29, 1.82) is 0 Å². The van der Waals surface area contributed by atoms with E-state index in [9.17, 15) is 24.2 Å². The van der Waals surface area contributed by atoms with Gasteiger partial charge >= 0.3 is 13.8 Å². The topological polar surface area (TPSA) is 131 Å². The van der Waals surface area contributed by atoms with Crippen molar-refractivity contribution in [3.63, 3.8) is 0 Å². The van der Waals surface area contributed by atoms with Crippen molar-refractivity contribution < 1.29 is 37.9 Å². The predicted octanol–water partition coefficient (Wildman–Crippen LogP) is 11.3. The number of unbranched alkanes of at least 4 members (excludes halogenated alkanes) is 15. The van der Waals surface area contributed by atoms with Crippen LogP contribution in [0, 0.1) is 0 Å². The number of aliphatic hydroxyl groups excluding tert-OH is 1. The molecule has 0 aliphatic heterocycles. The molecule has 0 aliphatic carbocycles. The Bertz CT molecular complexity index is 1050. The Kier molecular flexibility index (Phi) is 37.7. The van der Waals surface area contributed by atoms with Gasteiger partial charge in [0.15, 0.2) is 0 Å². The van der Waals surface area contributed by atoms with Crippen molar-refractivity contribution >= 4 is 19.7 Å². The molecule has 10 heteroatoms. The number of esters is 1. The zero-order chi connectivity index (χ0) is 38.9. The zero-order valence-electron chi connectivity index (χ0n) is 33.4. The van der Waals surface area contributed by atoms with Crippen LogP contribution >= 0.6 is 7.82 Å². The average Bonchev–Trinajstić information content (AvgIpc) is 3.14. The van der Waals surface area contributed by atoms with Gasteiger partial charge in [0, 0.05) is 19.4 Å². The summed E-state index contributed by atoms with van der Waals surface area (Å²) < 4.78 is 26.8. The standard InChI is InChI=1S/C43H76NO8P/c1-3-5-7-9-11-13-15-16-17-18-19-20-21-22-23-24-26-27-29-31-33-35-42(46)44-37-38-51-53(48,49)52-40-41(45)39-50-43(47)36-34-32-30-28-25-14-12-10-8-6-4-2/h5,7,11,13,16-17,19-20,22-23,41,45H,3-4,6,8-10,12,14-15,18,21,24-40H2,1-2H3,(H,44,46)(H,48,49)/b7-5-,13-11-,17-16-,20-19-,23-22-. The Morgan fingerprint density at radius 2 is 1.08 bits per heavy atom. The number of phosphoric ester groups is 1. The molecule has 2 atom stereocenters. The first-order chi connectivity index (χ1) is 25.8. The van der Waals surface area contributed by atoms with E-state index in [1.807, 2.05) is 0 Å². The Labute approximate surface area is 323 Å². The second-order valence-corrected chi connectivity index (χ2v) is 15.0. The number of phosphoric acid groups is 1. The molecule has 0 spiro atoms. The van der Waals surface area contributed by atoms with Gasteiger partial charge in [0.1, 0.15) is 12.7 Å². The van der Waals surface area contributed by atoms with Gasteiger partial charge in [-0.25, -0.2) is 4.57 Å². The molecule has 9 nitrogen and oxygen atoms in total. The lowest BCUT2D eigenvalue weighted by molar-refractivity contribution is -0.147. The van der Waals surface area contributed by atoms with Crippen molar-refractivity contribution in [2.24, 2.45) is 0 Å². The fourth-order valence-electron chi connectivity index (χ4n) is 5.35. The maximum atomic E-state index is 12.1. The minimum Gasteiger partial charge on any atom is -0.463 e. The molecule has 0 radical (unpaired) electrons. The molecule has 1 amide bonds. The molecule has 0 aliphatic rings. The molecule has 0 heterocycles. The Morgan fingerprint density at radius 1 is 0.604 bits per heavy atom. The van der Waals surface area contributed by atoms with E-state index in [1.54, 1.807) is 0 Å². The fourth-order valence-corrected chi connectivity index (χ4v) is 6.10. The smallest absolute Gasteiger partial charge is 0.463 e. The highest BCUT2D eigenvalue weighted by molar-refractivity contribution is 7.47. The van der Waals surface area contributed by atoms with Crippen LogP contribution in [0.25, 0.3) is 0 Å². The number of nitrogens with one attached hydrogen (secondary N) is 1. The van der Waals surface area contributed by atoms with Crippen LogP contribution in [0.2, 0.25) is 0 Å². The van der Waals surface area contributed by atoms with E-state index in [1.165, 1.54) is 51.4 Å². The van der Waals surface area contributed by atoms with Gasteiger partial charge in [0.25, 0.3) is 0 Å². The maximum absolute atomic E-state index is 12.1. The summed E-state index contributed by atoms with van der Waals surface area (Å²) in [6.45, 7) is 3.39. The number of rotatable bonds is 38. The molecule has 0 bridgehead atoms. The number of ether oxygens (including phenoxy) is 1. The average molecular weight is 766 g/mol. The van der Waals surface area contributed by atoms with E-state index in [0.29, 0.717) is 6.42 Å². The van der Waals surface area contributed by atoms with E-state index in [-0.39, 0.29) is 32.1 Å². The highest BCUT2D eigenvalue weighted by Gasteiger charge is 2.23. The molecule has 0 saturated heterocycles. The van der Waals surface area contributed by atoms with Crippen molar-refractivity contribution in [2.45, 2.75) is 174 Å². The van der Waals surface area contributed by atoms with Crippen LogP contribution in [0.3, 0.4) is 0 Å². The molecule has 0 aromatic carbocycles. The fraction of sp³-hybridized carbons (Fsp3) is 0.721. The van der Waals surface area contributed by atoms with Crippen LogP contribution in [0.1, 0.15) is 168 Å². The van der Waals surface area contributed by atoms with Crippen LogP contribution < -0.4 is 5.32 Å². The van der Waals surface area contributed by atoms with Gasteiger partial charge in [-0.3, -0.25) is 18.6 Å². The maximum Gasteiger partial charge on any atom is 0.472 e. The summed E-state index contributed by atoms with van der Waals surface area (Å²) in [5, 5.41) is 12.6. The third kappa shape index (κ3) is 40.7. The summed E-state index contributed by atoms with van der Waals surface area (Å²) in [7, 11) is -4.42. The molecule has 0 saturated carbocycles. The SMILES string of the molecule is CC/C=C\C/C=C\C/C=C\C/C=C\C/C=C\CCCCCCCC(=O)NCCOP(=O)(O)OCC(O)COC(=O)CCCCCCCCCCCCC. The quantitative estimate of drug-likeness (QED) is 0.0245. The molecule has 0 fully saturated rings. The summed E-state index contributed by atoms with van der Waals surface area (Å²) in [5.74, 6) is -0.539. The predicted molar refractivity (Wildman–Crippen MR) is 220 cm³/mol. The summed E-state index contributed by atoms with van der Waals surface area (Å²) in [4.78, 5) is 33.8. The first kappa shape index (κ1) is 50.7. The second kappa shape index (κ2) is 39.4. The third-order valence-corrected chi connectivity index (χ3v) is 9.45. The normalized spacial score (nSPS) is 14.0. The van der Waals surface area contributed by atoms with E-state index >= 15 is 0 Å². The van der Waals surface area contributed by atoms with Crippen LogP contribution in [-0.4, -0.2) is 54.3 Å². The lowest BCUT2D eigenvalue weighted by atomic mass is 10.1. The number of carbonyl (C=O) groups excluding carboxylic acids is 2. The molecule has 3 N–H and O–H groups in total. The van der Waals surface area contributed by atoms with Gasteiger partial charge in [-0.05, 0) is 57.8 Å². The molecule has 306 valence electrons. The second-order valence-electron chi connectivity index (χ2n) is 13.6. The van der Waals surface area contributed by atoms with Crippen LogP contribution in [0.4, 0.5) is 0 Å². The Balaban J connectivity index is 3.66. The number of hydrogen-bond acceptors (Lipinski definition) is 7. The number of aliphatic hydroxyl groups is 1. The van der Waals surface area contributed by atoms with Gasteiger partial charge in [0.05, 0.1) is 13.2 Å². The van der Waals surface area contributed by atoms with Crippen molar-refractivity contribution in [2.75, 3.05) is 26.4 Å². The highest BCUT2D eigenvalue weighted by atomic mass is 31.2. The first-order valence-corrected chi connectivity index (χ1v) is 22.3. The minimum atomic E-state index is -4.42. The van der Waals surface area contributed by atoms with E-state index < -0.39 is 26.5 Å². The van der Waals surface area contributed by atoms with E-state index in [0.717, 1.165) is 89.9 Å². The van der Waals surface area contributed by atoms with Crippen LogP contribution in [-0.2, 0) is 27.9 Å². The van der Waals surface area contributed by atoms with Gasteiger partial charge in [-0.1, -0.05) is 158 Å². The zero-order valence-corrected chi connectivity index (χ0v) is 34.3. The number of amides is 1. The monoisotopic (exact) mass is 766 g/mol.